The quantitative estimate of drug-likeness (QED) is 0.802. The number of carbonyl (C=O) groups excluding carboxylic acids is 2. The van der Waals surface area contributed by atoms with Crippen LogP contribution >= 0.6 is 11.6 Å². The molecule has 0 aliphatic carbocycles. The molecule has 1 rings (SSSR count). The Bertz CT molecular complexity index is 395. The van der Waals surface area contributed by atoms with E-state index in [1.54, 1.807) is 0 Å². The van der Waals surface area contributed by atoms with Crippen LogP contribution in [-0.4, -0.2) is 17.2 Å². The Morgan fingerprint density at radius 3 is 2.67 bits per heavy atom. The van der Waals surface area contributed by atoms with E-state index in [9.17, 15) is 14.0 Å². The maximum Gasteiger partial charge on any atom is 0.251 e. The average molecular weight is 230 g/mol. The predicted molar refractivity (Wildman–Crippen MR) is 54.2 cm³/mol. The Labute approximate surface area is 91.2 Å². The Morgan fingerprint density at radius 1 is 1.47 bits per heavy atom. The molecule has 0 aliphatic heterocycles. The van der Waals surface area contributed by atoms with Crippen LogP contribution in [0.4, 0.5) is 4.39 Å². The van der Waals surface area contributed by atoms with Crippen molar-refractivity contribution in [3.05, 3.63) is 35.6 Å². The van der Waals surface area contributed by atoms with E-state index in [0.717, 1.165) is 6.07 Å². The highest BCUT2D eigenvalue weighted by molar-refractivity contribution is 6.64. The fourth-order valence-corrected chi connectivity index (χ4v) is 1.02. The van der Waals surface area contributed by atoms with Crippen LogP contribution < -0.4 is 5.32 Å². The topological polar surface area (TPSA) is 46.2 Å². The SMILES string of the molecule is CC(NC(=O)c1cccc(F)c1)C(=O)Cl. The number of hydrogen-bond donors (Lipinski definition) is 1. The van der Waals surface area contributed by atoms with Gasteiger partial charge in [-0.3, -0.25) is 9.59 Å². The molecule has 1 amide bonds. The Kier molecular flexibility index (Phi) is 3.80. The Hall–Kier alpha value is -1.42. The van der Waals surface area contributed by atoms with Crippen molar-refractivity contribution < 1.29 is 14.0 Å². The van der Waals surface area contributed by atoms with Gasteiger partial charge in [0.1, 0.15) is 11.9 Å². The van der Waals surface area contributed by atoms with Gasteiger partial charge >= 0.3 is 0 Å². The molecule has 0 bridgehead atoms. The zero-order valence-corrected chi connectivity index (χ0v) is 8.72. The van der Waals surface area contributed by atoms with Gasteiger partial charge in [0.2, 0.25) is 5.24 Å². The number of carbonyl (C=O) groups is 2. The molecule has 0 spiro atoms. The molecule has 1 N–H and O–H groups in total. The van der Waals surface area contributed by atoms with E-state index in [4.69, 9.17) is 11.6 Å². The van der Waals surface area contributed by atoms with E-state index in [2.05, 4.69) is 5.32 Å². The summed E-state index contributed by atoms with van der Waals surface area (Å²) in [6, 6.07) is 4.39. The molecule has 1 atom stereocenters. The van der Waals surface area contributed by atoms with Crippen LogP contribution in [0, 0.1) is 5.82 Å². The first-order valence-corrected chi connectivity index (χ1v) is 4.64. The number of rotatable bonds is 3. The molecule has 0 aromatic heterocycles. The van der Waals surface area contributed by atoms with Gasteiger partial charge in [0, 0.05) is 5.56 Å². The van der Waals surface area contributed by atoms with Gasteiger partial charge in [-0.1, -0.05) is 6.07 Å². The largest absolute Gasteiger partial charge is 0.341 e. The highest BCUT2D eigenvalue weighted by atomic mass is 35.5. The molecule has 5 heteroatoms. The first-order valence-electron chi connectivity index (χ1n) is 4.26. The lowest BCUT2D eigenvalue weighted by Crippen LogP contribution is -2.36. The van der Waals surface area contributed by atoms with Crippen molar-refractivity contribution in [2.75, 3.05) is 0 Å². The second kappa shape index (κ2) is 4.89. The standard InChI is InChI=1S/C10H9ClFNO2/c1-6(9(11)14)13-10(15)7-3-2-4-8(12)5-7/h2-6H,1H3,(H,13,15). The van der Waals surface area contributed by atoms with Gasteiger partial charge in [0.15, 0.2) is 0 Å². The third kappa shape index (κ3) is 3.32. The first kappa shape index (κ1) is 11.7. The summed E-state index contributed by atoms with van der Waals surface area (Å²) in [5.74, 6) is -1.04. The molecule has 1 unspecified atom stereocenters. The summed E-state index contributed by atoms with van der Waals surface area (Å²) in [5, 5.41) is 1.67. The maximum atomic E-state index is 12.8. The summed E-state index contributed by atoms with van der Waals surface area (Å²) >= 11 is 5.16. The smallest absolute Gasteiger partial charge is 0.251 e. The minimum absolute atomic E-state index is 0.153. The molecule has 0 radical (unpaired) electrons. The normalized spacial score (nSPS) is 11.9. The van der Waals surface area contributed by atoms with Gasteiger partial charge < -0.3 is 5.32 Å². The molecular weight excluding hydrogens is 221 g/mol. The molecule has 0 saturated carbocycles. The van der Waals surface area contributed by atoms with E-state index in [1.165, 1.54) is 25.1 Å². The molecular formula is C10H9ClFNO2. The van der Waals surface area contributed by atoms with Crippen LogP contribution in [-0.2, 0) is 4.79 Å². The number of amides is 1. The van der Waals surface area contributed by atoms with Gasteiger partial charge in [0.05, 0.1) is 0 Å². The lowest BCUT2D eigenvalue weighted by Gasteiger charge is -2.08. The highest BCUT2D eigenvalue weighted by Crippen LogP contribution is 2.04. The van der Waals surface area contributed by atoms with Crippen LogP contribution in [0.2, 0.25) is 0 Å². The van der Waals surface area contributed by atoms with Crippen molar-refractivity contribution in [2.45, 2.75) is 13.0 Å². The van der Waals surface area contributed by atoms with Gasteiger partial charge in [0.25, 0.3) is 5.91 Å². The van der Waals surface area contributed by atoms with Gasteiger partial charge in [-0.05, 0) is 36.7 Å². The molecule has 0 fully saturated rings. The maximum absolute atomic E-state index is 12.8. The van der Waals surface area contributed by atoms with Crippen molar-refractivity contribution >= 4 is 22.8 Å². The number of halogens is 2. The van der Waals surface area contributed by atoms with Gasteiger partial charge in [-0.25, -0.2) is 4.39 Å². The van der Waals surface area contributed by atoms with Gasteiger partial charge in [-0.15, -0.1) is 0 Å². The predicted octanol–water partition coefficient (Wildman–Crippen LogP) is 1.71. The summed E-state index contributed by atoms with van der Waals surface area (Å²) in [6.07, 6.45) is 0. The van der Waals surface area contributed by atoms with Crippen molar-refractivity contribution in [1.82, 2.24) is 5.32 Å². The van der Waals surface area contributed by atoms with E-state index < -0.39 is 23.0 Å². The van der Waals surface area contributed by atoms with Crippen molar-refractivity contribution in [1.29, 1.82) is 0 Å². The summed E-state index contributed by atoms with van der Waals surface area (Å²) in [7, 11) is 0. The molecule has 0 heterocycles. The third-order valence-electron chi connectivity index (χ3n) is 1.77. The molecule has 0 aliphatic rings. The first-order chi connectivity index (χ1) is 7.00. The van der Waals surface area contributed by atoms with Crippen LogP contribution in [0.15, 0.2) is 24.3 Å². The number of nitrogens with one attached hydrogen (secondary N) is 1. The van der Waals surface area contributed by atoms with E-state index in [0.29, 0.717) is 0 Å². The van der Waals surface area contributed by atoms with Crippen molar-refractivity contribution in [3.63, 3.8) is 0 Å². The van der Waals surface area contributed by atoms with Crippen LogP contribution in [0.1, 0.15) is 17.3 Å². The summed E-state index contributed by atoms with van der Waals surface area (Å²) in [5.41, 5.74) is 0.153. The van der Waals surface area contributed by atoms with Crippen molar-refractivity contribution in [3.8, 4) is 0 Å². The van der Waals surface area contributed by atoms with E-state index in [-0.39, 0.29) is 5.56 Å². The fraction of sp³-hybridized carbons (Fsp3) is 0.200. The van der Waals surface area contributed by atoms with E-state index in [1.807, 2.05) is 0 Å². The summed E-state index contributed by atoms with van der Waals surface area (Å²) < 4.78 is 12.8. The Balaban J connectivity index is 2.73. The summed E-state index contributed by atoms with van der Waals surface area (Å²) in [6.45, 7) is 1.45. The lowest BCUT2D eigenvalue weighted by molar-refractivity contribution is -0.113. The minimum Gasteiger partial charge on any atom is -0.341 e. The molecule has 1 aromatic carbocycles. The minimum atomic E-state index is -0.789. The second-order valence-corrected chi connectivity index (χ2v) is 3.38. The second-order valence-electron chi connectivity index (χ2n) is 3.01. The molecule has 1 aromatic rings. The highest BCUT2D eigenvalue weighted by Gasteiger charge is 2.14. The molecule has 80 valence electrons. The van der Waals surface area contributed by atoms with Crippen LogP contribution in [0.5, 0.6) is 0 Å². The molecule has 15 heavy (non-hydrogen) atoms. The monoisotopic (exact) mass is 229 g/mol. The fourth-order valence-electron chi connectivity index (χ4n) is 0.966. The van der Waals surface area contributed by atoms with Gasteiger partial charge in [-0.2, -0.15) is 0 Å². The van der Waals surface area contributed by atoms with Crippen molar-refractivity contribution in [2.24, 2.45) is 0 Å². The number of benzene rings is 1. The molecule has 3 nitrogen and oxygen atoms in total. The van der Waals surface area contributed by atoms with E-state index >= 15 is 0 Å². The van der Waals surface area contributed by atoms with Crippen LogP contribution in [0.3, 0.4) is 0 Å². The zero-order valence-electron chi connectivity index (χ0n) is 7.96. The third-order valence-corrected chi connectivity index (χ3v) is 2.10. The molecule has 0 saturated heterocycles. The summed E-state index contributed by atoms with van der Waals surface area (Å²) in [4.78, 5) is 22.1. The Morgan fingerprint density at radius 2 is 2.13 bits per heavy atom. The zero-order chi connectivity index (χ0) is 11.4. The lowest BCUT2D eigenvalue weighted by atomic mass is 10.2. The van der Waals surface area contributed by atoms with Crippen LogP contribution in [0.25, 0.3) is 0 Å². The average Bonchev–Trinajstić information content (AvgIpc) is 2.17. The number of hydrogen-bond acceptors (Lipinski definition) is 2.